The molecule has 1 heterocycles. The van der Waals surface area contributed by atoms with E-state index >= 15 is 0 Å². The molecule has 0 saturated carbocycles. The number of nitrogens with zero attached hydrogens (tertiary/aromatic N) is 1. The number of rotatable bonds is 5. The van der Waals surface area contributed by atoms with E-state index in [-0.39, 0.29) is 5.91 Å². The molecule has 106 valence electrons. The van der Waals surface area contributed by atoms with Crippen molar-refractivity contribution in [2.45, 2.75) is 33.1 Å². The van der Waals surface area contributed by atoms with Crippen LogP contribution in [0.4, 0.5) is 0 Å². The minimum absolute atomic E-state index is 0.0116. The third kappa shape index (κ3) is 3.45. The summed E-state index contributed by atoms with van der Waals surface area (Å²) >= 11 is 1.45. The van der Waals surface area contributed by atoms with Crippen molar-refractivity contribution in [3.05, 3.63) is 51.5 Å². The van der Waals surface area contributed by atoms with Crippen LogP contribution in [0.1, 0.15) is 45.2 Å². The maximum absolute atomic E-state index is 12.2. The second-order valence-corrected chi connectivity index (χ2v) is 6.08. The normalized spacial score (nSPS) is 12.2. The van der Waals surface area contributed by atoms with E-state index in [4.69, 9.17) is 0 Å². The van der Waals surface area contributed by atoms with Gasteiger partial charge in [-0.25, -0.2) is 4.98 Å². The lowest BCUT2D eigenvalue weighted by atomic mass is 9.96. The molecule has 1 N–H and O–H groups in total. The van der Waals surface area contributed by atoms with E-state index in [9.17, 15) is 4.79 Å². The predicted octanol–water partition coefficient (Wildman–Crippen LogP) is 3.68. The van der Waals surface area contributed by atoms with Gasteiger partial charge in [-0.3, -0.25) is 4.79 Å². The van der Waals surface area contributed by atoms with Crippen molar-refractivity contribution in [3.63, 3.8) is 0 Å². The first kappa shape index (κ1) is 14.7. The van der Waals surface area contributed by atoms with Gasteiger partial charge in [-0.1, -0.05) is 37.3 Å². The lowest BCUT2D eigenvalue weighted by Gasteiger charge is -2.15. The molecule has 3 nitrogen and oxygen atoms in total. The molecule has 0 unspecified atom stereocenters. The topological polar surface area (TPSA) is 42.0 Å². The number of amides is 1. The molecule has 0 aliphatic rings. The predicted molar refractivity (Wildman–Crippen MR) is 83.4 cm³/mol. The lowest BCUT2D eigenvalue weighted by molar-refractivity contribution is 0.0954. The average Bonchev–Trinajstić information content (AvgIpc) is 2.79. The van der Waals surface area contributed by atoms with Crippen molar-refractivity contribution in [1.29, 1.82) is 0 Å². The summed E-state index contributed by atoms with van der Waals surface area (Å²) in [6.45, 7) is 6.61. The quantitative estimate of drug-likeness (QED) is 0.912. The zero-order chi connectivity index (χ0) is 14.5. The number of hydrogen-bond donors (Lipinski definition) is 1. The van der Waals surface area contributed by atoms with Gasteiger partial charge in [0.2, 0.25) is 0 Å². The van der Waals surface area contributed by atoms with E-state index in [1.54, 1.807) is 0 Å². The van der Waals surface area contributed by atoms with Crippen LogP contribution >= 0.6 is 11.3 Å². The summed E-state index contributed by atoms with van der Waals surface area (Å²) in [6, 6.07) is 10.3. The molecule has 4 heteroatoms. The molecule has 0 aliphatic heterocycles. The number of thiazole rings is 1. The molecular formula is C16H20N2OS. The molecule has 0 bridgehead atoms. The van der Waals surface area contributed by atoms with Gasteiger partial charge in [0.05, 0.1) is 10.7 Å². The minimum Gasteiger partial charge on any atom is -0.351 e. The van der Waals surface area contributed by atoms with Gasteiger partial charge in [-0.2, -0.15) is 0 Å². The van der Waals surface area contributed by atoms with Gasteiger partial charge in [0.1, 0.15) is 4.88 Å². The van der Waals surface area contributed by atoms with Gasteiger partial charge in [-0.05, 0) is 25.8 Å². The molecule has 1 aromatic heterocycles. The van der Waals surface area contributed by atoms with E-state index in [1.807, 2.05) is 32.0 Å². The molecule has 0 aliphatic carbocycles. The van der Waals surface area contributed by atoms with Crippen molar-refractivity contribution < 1.29 is 4.79 Å². The molecule has 2 rings (SSSR count). The average molecular weight is 288 g/mol. The smallest absolute Gasteiger partial charge is 0.263 e. The Hall–Kier alpha value is -1.68. The Balaban J connectivity index is 2.00. The van der Waals surface area contributed by atoms with Crippen molar-refractivity contribution in [2.75, 3.05) is 6.54 Å². The number of aromatic nitrogens is 1. The van der Waals surface area contributed by atoms with Gasteiger partial charge in [0.25, 0.3) is 5.91 Å². The van der Waals surface area contributed by atoms with Crippen LogP contribution in [-0.4, -0.2) is 17.4 Å². The van der Waals surface area contributed by atoms with Crippen LogP contribution in [0, 0.1) is 13.8 Å². The fourth-order valence-electron chi connectivity index (χ4n) is 2.26. The largest absolute Gasteiger partial charge is 0.351 e. The van der Waals surface area contributed by atoms with Gasteiger partial charge in [-0.15, -0.1) is 11.3 Å². The summed E-state index contributed by atoms with van der Waals surface area (Å²) < 4.78 is 0. The maximum atomic E-state index is 12.2. The summed E-state index contributed by atoms with van der Waals surface area (Å²) in [7, 11) is 0. The molecule has 20 heavy (non-hydrogen) atoms. The summed E-state index contributed by atoms with van der Waals surface area (Å²) in [5, 5.41) is 3.97. The number of aryl methyl sites for hydroxylation is 2. The minimum atomic E-state index is -0.0116. The van der Waals surface area contributed by atoms with Crippen LogP contribution in [0.5, 0.6) is 0 Å². The zero-order valence-corrected chi connectivity index (χ0v) is 13.0. The molecule has 1 amide bonds. The van der Waals surface area contributed by atoms with Crippen molar-refractivity contribution in [1.82, 2.24) is 10.3 Å². The van der Waals surface area contributed by atoms with E-state index in [1.165, 1.54) is 16.9 Å². The molecule has 0 radical (unpaired) electrons. The van der Waals surface area contributed by atoms with Crippen molar-refractivity contribution in [3.8, 4) is 0 Å². The number of carbonyl (C=O) groups is 1. The van der Waals surface area contributed by atoms with Crippen molar-refractivity contribution in [2.24, 2.45) is 0 Å². The number of hydrogen-bond acceptors (Lipinski definition) is 3. The van der Waals surface area contributed by atoms with Crippen LogP contribution in [-0.2, 0) is 0 Å². The van der Waals surface area contributed by atoms with Crippen molar-refractivity contribution >= 4 is 17.2 Å². The molecule has 0 fully saturated rings. The SMILES string of the molecule is CC[C@H](CNC(=O)c1sc(C)nc1C)c1ccccc1. The zero-order valence-electron chi connectivity index (χ0n) is 12.1. The van der Waals surface area contributed by atoms with Crippen LogP contribution in [0.3, 0.4) is 0 Å². The highest BCUT2D eigenvalue weighted by atomic mass is 32.1. The molecule has 0 spiro atoms. The molecule has 2 aromatic rings. The first-order valence-corrected chi connectivity index (χ1v) is 7.70. The second kappa shape index (κ2) is 6.66. The molecule has 1 aromatic carbocycles. The van der Waals surface area contributed by atoms with Gasteiger partial charge >= 0.3 is 0 Å². The summed E-state index contributed by atoms with van der Waals surface area (Å²) in [5.74, 6) is 0.344. The molecule has 1 atom stereocenters. The Labute approximate surface area is 124 Å². The van der Waals surface area contributed by atoms with Crippen LogP contribution < -0.4 is 5.32 Å². The fourth-order valence-corrected chi connectivity index (χ4v) is 3.10. The number of nitrogens with one attached hydrogen (secondary N) is 1. The molecular weight excluding hydrogens is 268 g/mol. The number of benzene rings is 1. The Bertz CT molecular complexity index is 577. The standard InChI is InChI=1S/C16H20N2OS/c1-4-13(14-8-6-5-7-9-14)10-17-16(19)15-11(2)18-12(3)20-15/h5-9,13H,4,10H2,1-3H3,(H,17,19)/t13-/m1/s1. The van der Waals surface area contributed by atoms with Gasteiger partial charge < -0.3 is 5.32 Å². The monoisotopic (exact) mass is 288 g/mol. The summed E-state index contributed by atoms with van der Waals surface area (Å²) in [4.78, 5) is 17.2. The van der Waals surface area contributed by atoms with Gasteiger partial charge in [0.15, 0.2) is 0 Å². The first-order valence-electron chi connectivity index (χ1n) is 6.89. The Kier molecular flexibility index (Phi) is 4.90. The van der Waals surface area contributed by atoms with Gasteiger partial charge in [0, 0.05) is 12.5 Å². The van der Waals surface area contributed by atoms with Crippen LogP contribution in [0.25, 0.3) is 0 Å². The highest BCUT2D eigenvalue weighted by Crippen LogP contribution is 2.20. The summed E-state index contributed by atoms with van der Waals surface area (Å²) in [6.07, 6.45) is 1.00. The highest BCUT2D eigenvalue weighted by Gasteiger charge is 2.15. The third-order valence-corrected chi connectivity index (χ3v) is 4.45. The van der Waals surface area contributed by atoms with Crippen LogP contribution in [0.2, 0.25) is 0 Å². The second-order valence-electron chi connectivity index (χ2n) is 4.87. The summed E-state index contributed by atoms with van der Waals surface area (Å²) in [5.41, 5.74) is 2.09. The Morgan fingerprint density at radius 1 is 1.30 bits per heavy atom. The van der Waals surface area contributed by atoms with Crippen LogP contribution in [0.15, 0.2) is 30.3 Å². The highest BCUT2D eigenvalue weighted by molar-refractivity contribution is 7.13. The molecule has 0 saturated heterocycles. The maximum Gasteiger partial charge on any atom is 0.263 e. The Morgan fingerprint density at radius 2 is 2.00 bits per heavy atom. The lowest BCUT2D eigenvalue weighted by Crippen LogP contribution is -2.28. The fraction of sp³-hybridized carbons (Fsp3) is 0.375. The first-order chi connectivity index (χ1) is 9.61. The van der Waals surface area contributed by atoms with E-state index in [0.717, 1.165) is 22.0 Å². The Morgan fingerprint density at radius 3 is 2.55 bits per heavy atom. The van der Waals surface area contributed by atoms with E-state index in [0.29, 0.717) is 12.5 Å². The van der Waals surface area contributed by atoms with E-state index < -0.39 is 0 Å². The number of carbonyl (C=O) groups excluding carboxylic acids is 1. The van der Waals surface area contributed by atoms with E-state index in [2.05, 4.69) is 29.4 Å². The third-order valence-electron chi connectivity index (χ3n) is 3.38.